The maximum atomic E-state index is 13.6. The molecule has 0 aliphatic heterocycles. The van der Waals surface area contributed by atoms with Crippen LogP contribution in [0.4, 0.5) is 4.39 Å². The van der Waals surface area contributed by atoms with E-state index in [9.17, 15) is 9.18 Å². The quantitative estimate of drug-likeness (QED) is 0.674. The van der Waals surface area contributed by atoms with Crippen LogP contribution < -0.4 is 4.74 Å². The van der Waals surface area contributed by atoms with Crippen molar-refractivity contribution in [2.24, 2.45) is 0 Å². The maximum Gasteiger partial charge on any atom is 0.357 e. The first-order chi connectivity index (χ1) is 11.7. The molecule has 2 aromatic heterocycles. The lowest BCUT2D eigenvalue weighted by Gasteiger charge is -2.07. The van der Waals surface area contributed by atoms with Gasteiger partial charge < -0.3 is 9.47 Å². The number of benzene rings is 1. The van der Waals surface area contributed by atoms with Gasteiger partial charge >= 0.3 is 5.97 Å². The van der Waals surface area contributed by atoms with Gasteiger partial charge in [-0.1, -0.05) is 12.1 Å². The summed E-state index contributed by atoms with van der Waals surface area (Å²) in [7, 11) is 1.39. The smallest absolute Gasteiger partial charge is 0.357 e. The van der Waals surface area contributed by atoms with Gasteiger partial charge in [0, 0.05) is 12.4 Å². The maximum absolute atomic E-state index is 13.6. The Bertz CT molecular complexity index is 850. The Morgan fingerprint density at radius 3 is 2.88 bits per heavy atom. The van der Waals surface area contributed by atoms with Crippen LogP contribution >= 0.6 is 0 Å². The van der Waals surface area contributed by atoms with Crippen molar-refractivity contribution in [1.82, 2.24) is 14.5 Å². The molecule has 3 aromatic rings. The highest BCUT2D eigenvalue weighted by Crippen LogP contribution is 2.18. The van der Waals surface area contributed by atoms with E-state index in [2.05, 4.69) is 9.97 Å². The molecule has 0 aliphatic rings. The SMILES string of the molecule is COc1ccc(COC(=O)c2cccc(-n3ccnc3)n2)cc1F. The van der Waals surface area contributed by atoms with Gasteiger partial charge in [0.15, 0.2) is 17.3 Å². The molecule has 3 rings (SSSR count). The van der Waals surface area contributed by atoms with Crippen LogP contribution in [0.5, 0.6) is 5.75 Å². The van der Waals surface area contributed by atoms with E-state index < -0.39 is 11.8 Å². The number of ether oxygens (including phenoxy) is 2. The van der Waals surface area contributed by atoms with Gasteiger partial charge in [-0.05, 0) is 29.8 Å². The van der Waals surface area contributed by atoms with Crippen molar-refractivity contribution in [3.63, 3.8) is 0 Å². The molecule has 0 saturated carbocycles. The second kappa shape index (κ2) is 6.91. The molecule has 0 saturated heterocycles. The van der Waals surface area contributed by atoms with Gasteiger partial charge in [0.1, 0.15) is 18.8 Å². The van der Waals surface area contributed by atoms with E-state index in [1.54, 1.807) is 47.6 Å². The average Bonchev–Trinajstić information content (AvgIpc) is 3.14. The number of pyridine rings is 1. The number of nitrogens with zero attached hydrogens (tertiary/aromatic N) is 3. The van der Waals surface area contributed by atoms with Crippen molar-refractivity contribution in [2.75, 3.05) is 7.11 Å². The minimum atomic E-state index is -0.590. The summed E-state index contributed by atoms with van der Waals surface area (Å²) in [4.78, 5) is 20.3. The topological polar surface area (TPSA) is 66.2 Å². The fourth-order valence-electron chi connectivity index (χ4n) is 2.10. The van der Waals surface area contributed by atoms with Gasteiger partial charge in [0.25, 0.3) is 0 Å². The number of rotatable bonds is 5. The van der Waals surface area contributed by atoms with Crippen LogP contribution in [-0.4, -0.2) is 27.6 Å². The van der Waals surface area contributed by atoms with Gasteiger partial charge in [-0.15, -0.1) is 0 Å². The van der Waals surface area contributed by atoms with Crippen molar-refractivity contribution < 1.29 is 18.7 Å². The van der Waals surface area contributed by atoms with Crippen molar-refractivity contribution >= 4 is 5.97 Å². The Hall–Kier alpha value is -3.22. The van der Waals surface area contributed by atoms with Crippen molar-refractivity contribution in [3.8, 4) is 11.6 Å². The normalized spacial score (nSPS) is 10.4. The lowest BCUT2D eigenvalue weighted by Crippen LogP contribution is -2.09. The van der Waals surface area contributed by atoms with Crippen LogP contribution in [0.25, 0.3) is 5.82 Å². The number of halogens is 1. The fraction of sp³-hybridized carbons (Fsp3) is 0.118. The Labute approximate surface area is 137 Å². The summed E-state index contributed by atoms with van der Waals surface area (Å²) in [5, 5.41) is 0. The van der Waals surface area contributed by atoms with Crippen molar-refractivity contribution in [3.05, 3.63) is 72.2 Å². The van der Waals surface area contributed by atoms with E-state index in [4.69, 9.17) is 9.47 Å². The highest BCUT2D eigenvalue weighted by molar-refractivity contribution is 5.87. The van der Waals surface area contributed by atoms with Gasteiger partial charge in [0.2, 0.25) is 0 Å². The highest BCUT2D eigenvalue weighted by Gasteiger charge is 2.11. The predicted octanol–water partition coefficient (Wildman–Crippen LogP) is 2.77. The number of carbonyl (C=O) groups excluding carboxylic acids is 1. The molecule has 122 valence electrons. The highest BCUT2D eigenvalue weighted by atomic mass is 19.1. The van der Waals surface area contributed by atoms with Crippen LogP contribution in [0.2, 0.25) is 0 Å². The number of aromatic nitrogens is 3. The number of methoxy groups -OCH3 is 1. The van der Waals surface area contributed by atoms with Crippen LogP contribution in [0.15, 0.2) is 55.1 Å². The Kier molecular flexibility index (Phi) is 4.51. The lowest BCUT2D eigenvalue weighted by molar-refractivity contribution is 0.0465. The summed E-state index contributed by atoms with van der Waals surface area (Å²) >= 11 is 0. The second-order valence-electron chi connectivity index (χ2n) is 4.90. The fourth-order valence-corrected chi connectivity index (χ4v) is 2.10. The van der Waals surface area contributed by atoms with E-state index in [1.807, 2.05) is 0 Å². The Morgan fingerprint density at radius 2 is 2.17 bits per heavy atom. The van der Waals surface area contributed by atoms with E-state index in [-0.39, 0.29) is 18.1 Å². The van der Waals surface area contributed by atoms with Crippen LogP contribution in [-0.2, 0) is 11.3 Å². The molecular formula is C17H14FN3O3. The zero-order valence-corrected chi connectivity index (χ0v) is 12.8. The van der Waals surface area contributed by atoms with Gasteiger partial charge in [0.05, 0.1) is 7.11 Å². The summed E-state index contributed by atoms with van der Waals surface area (Å²) < 4.78 is 25.3. The Balaban J connectivity index is 1.69. The van der Waals surface area contributed by atoms with E-state index in [0.717, 1.165) is 0 Å². The summed E-state index contributed by atoms with van der Waals surface area (Å²) in [5.74, 6) is -0.406. The molecule has 0 radical (unpaired) electrons. The first-order valence-corrected chi connectivity index (χ1v) is 7.12. The number of carbonyl (C=O) groups is 1. The predicted molar refractivity (Wildman–Crippen MR) is 83.4 cm³/mol. The van der Waals surface area contributed by atoms with E-state index in [1.165, 1.54) is 19.2 Å². The van der Waals surface area contributed by atoms with Crippen LogP contribution in [0.1, 0.15) is 16.1 Å². The molecule has 6 nitrogen and oxygen atoms in total. The summed E-state index contributed by atoms with van der Waals surface area (Å²) in [5.41, 5.74) is 0.683. The summed E-state index contributed by atoms with van der Waals surface area (Å²) in [6.07, 6.45) is 4.92. The van der Waals surface area contributed by atoms with Gasteiger partial charge in [-0.3, -0.25) is 4.57 Å². The first kappa shape index (κ1) is 15.7. The molecule has 7 heteroatoms. The van der Waals surface area contributed by atoms with Gasteiger partial charge in [-0.2, -0.15) is 0 Å². The van der Waals surface area contributed by atoms with Gasteiger partial charge in [-0.25, -0.2) is 19.2 Å². The third-order valence-electron chi connectivity index (χ3n) is 3.30. The minimum absolute atomic E-state index is 0.0588. The second-order valence-corrected chi connectivity index (χ2v) is 4.90. The molecule has 0 fully saturated rings. The van der Waals surface area contributed by atoms with E-state index in [0.29, 0.717) is 11.4 Å². The standard InChI is InChI=1S/C17H14FN3O3/c1-23-15-6-5-12(9-13(15)18)10-24-17(22)14-3-2-4-16(20-14)21-8-7-19-11-21/h2-9,11H,10H2,1H3. The molecule has 0 amide bonds. The van der Waals surface area contributed by atoms with E-state index >= 15 is 0 Å². The average molecular weight is 327 g/mol. The number of hydrogen-bond acceptors (Lipinski definition) is 5. The third kappa shape index (κ3) is 3.40. The van der Waals surface area contributed by atoms with Crippen LogP contribution in [0, 0.1) is 5.82 Å². The van der Waals surface area contributed by atoms with Crippen LogP contribution in [0.3, 0.4) is 0 Å². The molecule has 0 unspecified atom stereocenters. The summed E-state index contributed by atoms with van der Waals surface area (Å²) in [6.45, 7) is -0.0588. The number of imidazole rings is 1. The zero-order chi connectivity index (χ0) is 16.9. The number of hydrogen-bond donors (Lipinski definition) is 0. The first-order valence-electron chi connectivity index (χ1n) is 7.12. The Morgan fingerprint density at radius 1 is 1.29 bits per heavy atom. The molecule has 0 spiro atoms. The monoisotopic (exact) mass is 327 g/mol. The third-order valence-corrected chi connectivity index (χ3v) is 3.30. The minimum Gasteiger partial charge on any atom is -0.494 e. The molecular weight excluding hydrogens is 313 g/mol. The molecule has 1 aromatic carbocycles. The molecule has 0 atom stereocenters. The molecule has 0 bridgehead atoms. The number of esters is 1. The van der Waals surface area contributed by atoms with Crippen molar-refractivity contribution in [2.45, 2.75) is 6.61 Å². The zero-order valence-electron chi connectivity index (χ0n) is 12.8. The van der Waals surface area contributed by atoms with Crippen molar-refractivity contribution in [1.29, 1.82) is 0 Å². The molecule has 2 heterocycles. The lowest BCUT2D eigenvalue weighted by atomic mass is 10.2. The molecule has 0 N–H and O–H groups in total. The summed E-state index contributed by atoms with van der Waals surface area (Å²) in [6, 6.07) is 9.38. The molecule has 24 heavy (non-hydrogen) atoms. The largest absolute Gasteiger partial charge is 0.494 e. The molecule has 0 aliphatic carbocycles.